The number of hydrogen-bond acceptors (Lipinski definition) is 3. The molecule has 3 atom stereocenters. The molecule has 0 fully saturated rings. The van der Waals surface area contributed by atoms with Crippen LogP contribution in [0.1, 0.15) is 48.0 Å². The smallest absolute Gasteiger partial charge is 0.0784 e. The van der Waals surface area contributed by atoms with Gasteiger partial charge in [-0.15, -0.1) is 0 Å². The summed E-state index contributed by atoms with van der Waals surface area (Å²) in [6.07, 6.45) is 1.34. The molecule has 1 N–H and O–H groups in total. The molecule has 0 spiro atoms. The van der Waals surface area contributed by atoms with Crippen molar-refractivity contribution in [2.24, 2.45) is 11.8 Å². The van der Waals surface area contributed by atoms with Crippen LogP contribution in [0.2, 0.25) is 0 Å². The molecule has 3 unspecified atom stereocenters. The van der Waals surface area contributed by atoms with E-state index in [1.165, 1.54) is 0 Å². The van der Waals surface area contributed by atoms with Crippen LogP contribution in [0.3, 0.4) is 0 Å². The molecule has 0 aromatic rings. The number of ether oxygens (including phenoxy) is 2. The maximum Gasteiger partial charge on any atom is 0.0784 e. The van der Waals surface area contributed by atoms with Gasteiger partial charge in [0.05, 0.1) is 31.5 Å². The highest BCUT2D eigenvalue weighted by Gasteiger charge is 2.19. The Balaban J connectivity index is 3.99. The van der Waals surface area contributed by atoms with E-state index in [2.05, 4.69) is 27.7 Å². The molecule has 0 saturated heterocycles. The fraction of sp³-hybridized carbons (Fsp3) is 1.00. The second-order valence-electron chi connectivity index (χ2n) is 5.69. The lowest BCUT2D eigenvalue weighted by atomic mass is 9.97. The zero-order valence-electron chi connectivity index (χ0n) is 12.3. The maximum absolute atomic E-state index is 8.87. The van der Waals surface area contributed by atoms with Crippen LogP contribution in [-0.4, -0.2) is 36.6 Å². The van der Waals surface area contributed by atoms with Gasteiger partial charge in [0.2, 0.25) is 0 Å². The van der Waals surface area contributed by atoms with Crippen LogP contribution in [-0.2, 0) is 9.47 Å². The van der Waals surface area contributed by atoms with Crippen LogP contribution in [0.5, 0.6) is 0 Å². The van der Waals surface area contributed by atoms with E-state index in [4.69, 9.17) is 14.6 Å². The van der Waals surface area contributed by atoms with E-state index in [-0.39, 0.29) is 24.9 Å². The molecule has 3 nitrogen and oxygen atoms in total. The third kappa shape index (κ3) is 8.58. The van der Waals surface area contributed by atoms with Gasteiger partial charge in [-0.25, -0.2) is 0 Å². The quantitative estimate of drug-likeness (QED) is 0.680. The van der Waals surface area contributed by atoms with E-state index in [1.54, 1.807) is 0 Å². The summed E-state index contributed by atoms with van der Waals surface area (Å²) < 4.78 is 11.5. The van der Waals surface area contributed by atoms with Crippen molar-refractivity contribution in [2.75, 3.05) is 13.2 Å². The summed E-state index contributed by atoms with van der Waals surface area (Å²) in [7, 11) is 0. The fourth-order valence-corrected chi connectivity index (χ4v) is 1.64. The highest BCUT2D eigenvalue weighted by Crippen LogP contribution is 2.18. The Bertz CT molecular complexity index is 180. The van der Waals surface area contributed by atoms with E-state index in [0.717, 1.165) is 6.42 Å². The average Bonchev–Trinajstić information content (AvgIpc) is 2.24. The predicted molar refractivity (Wildman–Crippen MR) is 71.1 cm³/mol. The van der Waals surface area contributed by atoms with Gasteiger partial charge in [-0.1, -0.05) is 27.7 Å². The Labute approximate surface area is 107 Å². The van der Waals surface area contributed by atoms with Gasteiger partial charge in [0.1, 0.15) is 0 Å². The predicted octanol–water partition coefficient (Wildman–Crippen LogP) is 2.86. The summed E-state index contributed by atoms with van der Waals surface area (Å²) in [6.45, 7) is 13.3. The van der Waals surface area contributed by atoms with Crippen LogP contribution >= 0.6 is 0 Å². The van der Waals surface area contributed by atoms with Crippen LogP contribution in [0.4, 0.5) is 0 Å². The van der Waals surface area contributed by atoms with Crippen LogP contribution in [0.25, 0.3) is 0 Å². The van der Waals surface area contributed by atoms with Gasteiger partial charge in [-0.3, -0.25) is 0 Å². The Morgan fingerprint density at radius 1 is 0.941 bits per heavy atom. The number of aliphatic hydroxyl groups is 1. The van der Waals surface area contributed by atoms with Crippen molar-refractivity contribution in [2.45, 2.75) is 66.3 Å². The lowest BCUT2D eigenvalue weighted by Gasteiger charge is -2.27. The van der Waals surface area contributed by atoms with Gasteiger partial charge in [0, 0.05) is 0 Å². The first-order valence-corrected chi connectivity index (χ1v) is 6.74. The van der Waals surface area contributed by atoms with Crippen LogP contribution < -0.4 is 0 Å². The van der Waals surface area contributed by atoms with Gasteiger partial charge in [-0.05, 0) is 32.1 Å². The van der Waals surface area contributed by atoms with E-state index in [9.17, 15) is 0 Å². The van der Waals surface area contributed by atoms with Crippen LogP contribution in [0, 0.1) is 11.8 Å². The molecule has 0 radical (unpaired) electrons. The molecule has 104 valence electrons. The van der Waals surface area contributed by atoms with E-state index in [0.29, 0.717) is 18.4 Å². The molecule has 0 aliphatic heterocycles. The van der Waals surface area contributed by atoms with Gasteiger partial charge in [0.25, 0.3) is 0 Å². The molecule has 0 aromatic heterocycles. The monoisotopic (exact) mass is 246 g/mol. The zero-order valence-corrected chi connectivity index (χ0v) is 12.3. The van der Waals surface area contributed by atoms with Crippen molar-refractivity contribution >= 4 is 0 Å². The topological polar surface area (TPSA) is 38.7 Å². The molecule has 0 saturated carbocycles. The van der Waals surface area contributed by atoms with E-state index < -0.39 is 0 Å². The van der Waals surface area contributed by atoms with Crippen molar-refractivity contribution in [3.8, 4) is 0 Å². The van der Waals surface area contributed by atoms with Gasteiger partial charge in [-0.2, -0.15) is 0 Å². The molecule has 0 aromatic carbocycles. The number of aliphatic hydroxyl groups excluding tert-OH is 1. The standard InChI is InChI=1S/C14H30O3/c1-10(2)7-14(11(3)4)17-13(6)9-16-12(5)8-15/h10-15H,7-9H2,1-6H3. The number of hydrogen-bond donors (Lipinski definition) is 1. The van der Waals surface area contributed by atoms with Crippen molar-refractivity contribution in [3.05, 3.63) is 0 Å². The minimum Gasteiger partial charge on any atom is -0.394 e. The average molecular weight is 246 g/mol. The van der Waals surface area contributed by atoms with Crippen LogP contribution in [0.15, 0.2) is 0 Å². The Kier molecular flexibility index (Phi) is 8.83. The van der Waals surface area contributed by atoms with Gasteiger partial charge < -0.3 is 14.6 Å². The normalized spacial score (nSPS) is 17.5. The summed E-state index contributed by atoms with van der Waals surface area (Å²) >= 11 is 0. The Morgan fingerprint density at radius 3 is 1.94 bits per heavy atom. The largest absolute Gasteiger partial charge is 0.394 e. The molecule has 0 aliphatic carbocycles. The zero-order chi connectivity index (χ0) is 13.4. The Hall–Kier alpha value is -0.120. The van der Waals surface area contributed by atoms with Crippen molar-refractivity contribution in [1.82, 2.24) is 0 Å². The summed E-state index contributed by atoms with van der Waals surface area (Å²) in [5.74, 6) is 1.17. The molecule has 3 heteroatoms. The second kappa shape index (κ2) is 8.90. The lowest BCUT2D eigenvalue weighted by Crippen LogP contribution is -2.30. The molecule has 17 heavy (non-hydrogen) atoms. The molecule has 0 amide bonds. The summed E-state index contributed by atoms with van der Waals surface area (Å²) in [6, 6.07) is 0. The van der Waals surface area contributed by atoms with E-state index >= 15 is 0 Å². The highest BCUT2D eigenvalue weighted by molar-refractivity contribution is 4.67. The number of rotatable bonds is 9. The summed E-state index contributed by atoms with van der Waals surface area (Å²) in [5, 5.41) is 8.87. The first kappa shape index (κ1) is 16.9. The van der Waals surface area contributed by atoms with Crippen molar-refractivity contribution in [1.29, 1.82) is 0 Å². The minimum absolute atomic E-state index is 0.0618. The summed E-state index contributed by atoms with van der Waals surface area (Å²) in [5.41, 5.74) is 0. The molecule has 0 rings (SSSR count). The SMILES string of the molecule is CC(C)CC(OC(C)COC(C)CO)C(C)C. The van der Waals surface area contributed by atoms with Crippen molar-refractivity contribution in [3.63, 3.8) is 0 Å². The van der Waals surface area contributed by atoms with Gasteiger partial charge >= 0.3 is 0 Å². The highest BCUT2D eigenvalue weighted by atomic mass is 16.5. The summed E-state index contributed by atoms with van der Waals surface area (Å²) in [4.78, 5) is 0. The molecule has 0 bridgehead atoms. The fourth-order valence-electron chi connectivity index (χ4n) is 1.64. The molecular weight excluding hydrogens is 216 g/mol. The first-order valence-electron chi connectivity index (χ1n) is 6.74. The third-order valence-corrected chi connectivity index (χ3v) is 2.73. The second-order valence-corrected chi connectivity index (χ2v) is 5.69. The molecule has 0 aliphatic rings. The molecular formula is C14H30O3. The first-order chi connectivity index (χ1) is 7.86. The van der Waals surface area contributed by atoms with Gasteiger partial charge in [0.15, 0.2) is 0 Å². The Morgan fingerprint density at radius 2 is 1.53 bits per heavy atom. The van der Waals surface area contributed by atoms with Crippen molar-refractivity contribution < 1.29 is 14.6 Å². The third-order valence-electron chi connectivity index (χ3n) is 2.73. The minimum atomic E-state index is -0.108. The van der Waals surface area contributed by atoms with E-state index in [1.807, 2.05) is 13.8 Å². The maximum atomic E-state index is 8.87. The molecule has 0 heterocycles. The lowest BCUT2D eigenvalue weighted by molar-refractivity contribution is -0.0890.